The van der Waals surface area contributed by atoms with Gasteiger partial charge in [-0.05, 0) is 12.8 Å². The number of imide groups is 1. The summed E-state index contributed by atoms with van der Waals surface area (Å²) in [5.41, 5.74) is -0.629. The highest BCUT2D eigenvalue weighted by atomic mass is 16.5. The second-order valence-corrected chi connectivity index (χ2v) is 5.72. The molecule has 1 aliphatic heterocycles. The van der Waals surface area contributed by atoms with E-state index in [2.05, 4.69) is 0 Å². The highest BCUT2D eigenvalue weighted by molar-refractivity contribution is 6.08. The Labute approximate surface area is 118 Å². The summed E-state index contributed by atoms with van der Waals surface area (Å²) in [6.45, 7) is 0.209. The normalized spacial score (nSPS) is 23.4. The molecule has 1 saturated carbocycles. The van der Waals surface area contributed by atoms with Gasteiger partial charge in [0.15, 0.2) is 0 Å². The van der Waals surface area contributed by atoms with Crippen molar-refractivity contribution < 1.29 is 24.2 Å². The van der Waals surface area contributed by atoms with Gasteiger partial charge in [-0.15, -0.1) is 0 Å². The van der Waals surface area contributed by atoms with E-state index in [9.17, 15) is 19.5 Å². The number of methoxy groups -OCH3 is 1. The fourth-order valence-electron chi connectivity index (χ4n) is 3.35. The van der Waals surface area contributed by atoms with Gasteiger partial charge in [-0.2, -0.15) is 0 Å². The standard InChI is InChI=1S/C14H21NO5/c1-20-8-5-10(12(17)18)15-11(16)9-14(13(15)19)6-3-2-4-7-14/h10H,2-9H2,1H3,(H,17,18). The summed E-state index contributed by atoms with van der Waals surface area (Å²) in [6, 6.07) is -1.10. The van der Waals surface area contributed by atoms with Gasteiger partial charge in [0.25, 0.3) is 0 Å². The van der Waals surface area contributed by atoms with Crippen molar-refractivity contribution in [2.75, 3.05) is 13.7 Å². The van der Waals surface area contributed by atoms with Crippen LogP contribution in [-0.4, -0.2) is 47.5 Å². The molecule has 1 heterocycles. The molecule has 0 aromatic carbocycles. The second kappa shape index (κ2) is 5.91. The second-order valence-electron chi connectivity index (χ2n) is 5.72. The Morgan fingerprint density at radius 1 is 1.35 bits per heavy atom. The van der Waals surface area contributed by atoms with Gasteiger partial charge in [0.05, 0.1) is 5.41 Å². The average molecular weight is 283 g/mol. The van der Waals surface area contributed by atoms with E-state index in [1.807, 2.05) is 0 Å². The summed E-state index contributed by atoms with van der Waals surface area (Å²) in [4.78, 5) is 37.1. The van der Waals surface area contributed by atoms with Crippen molar-refractivity contribution in [2.45, 2.75) is 51.0 Å². The van der Waals surface area contributed by atoms with E-state index in [1.165, 1.54) is 7.11 Å². The van der Waals surface area contributed by atoms with Crippen molar-refractivity contribution in [3.63, 3.8) is 0 Å². The highest BCUT2D eigenvalue weighted by Crippen LogP contribution is 2.46. The van der Waals surface area contributed by atoms with Gasteiger partial charge in [0.1, 0.15) is 6.04 Å². The molecule has 2 amide bonds. The van der Waals surface area contributed by atoms with Crippen molar-refractivity contribution in [2.24, 2.45) is 5.41 Å². The first kappa shape index (κ1) is 15.0. The molecule has 1 aliphatic carbocycles. The number of nitrogens with zero attached hydrogens (tertiary/aromatic N) is 1. The van der Waals surface area contributed by atoms with Crippen LogP contribution < -0.4 is 0 Å². The van der Waals surface area contributed by atoms with E-state index in [1.54, 1.807) is 0 Å². The molecule has 2 fully saturated rings. The van der Waals surface area contributed by atoms with Gasteiger partial charge < -0.3 is 9.84 Å². The van der Waals surface area contributed by atoms with E-state index < -0.39 is 17.4 Å². The Balaban J connectivity index is 2.20. The predicted octanol–water partition coefficient (Wildman–Crippen LogP) is 1.19. The number of likely N-dealkylation sites (tertiary alicyclic amines) is 1. The first-order valence-electron chi connectivity index (χ1n) is 7.10. The monoisotopic (exact) mass is 283 g/mol. The van der Waals surface area contributed by atoms with Crippen molar-refractivity contribution in [1.82, 2.24) is 4.90 Å². The molecular formula is C14H21NO5. The lowest BCUT2D eigenvalue weighted by atomic mass is 9.73. The summed E-state index contributed by atoms with van der Waals surface area (Å²) in [6.07, 6.45) is 4.65. The molecular weight excluding hydrogens is 262 g/mol. The van der Waals surface area contributed by atoms with Crippen LogP contribution in [0.25, 0.3) is 0 Å². The van der Waals surface area contributed by atoms with Gasteiger partial charge in [0.2, 0.25) is 11.8 Å². The van der Waals surface area contributed by atoms with Gasteiger partial charge in [-0.25, -0.2) is 4.79 Å². The number of aliphatic carboxylic acids is 1. The molecule has 1 atom stereocenters. The van der Waals surface area contributed by atoms with E-state index >= 15 is 0 Å². The van der Waals surface area contributed by atoms with Crippen LogP contribution in [0.4, 0.5) is 0 Å². The molecule has 1 N–H and O–H groups in total. The predicted molar refractivity (Wildman–Crippen MR) is 69.9 cm³/mol. The quantitative estimate of drug-likeness (QED) is 0.766. The average Bonchev–Trinajstić information content (AvgIpc) is 2.64. The van der Waals surface area contributed by atoms with Crippen molar-refractivity contribution in [3.05, 3.63) is 0 Å². The molecule has 6 nitrogen and oxygen atoms in total. The van der Waals surface area contributed by atoms with Crippen molar-refractivity contribution in [3.8, 4) is 0 Å². The zero-order valence-corrected chi connectivity index (χ0v) is 11.8. The van der Waals surface area contributed by atoms with Gasteiger partial charge in [-0.3, -0.25) is 14.5 Å². The highest BCUT2D eigenvalue weighted by Gasteiger charge is 2.54. The Bertz CT molecular complexity index is 414. The fourth-order valence-corrected chi connectivity index (χ4v) is 3.35. The summed E-state index contributed by atoms with van der Waals surface area (Å²) in [5, 5.41) is 9.28. The van der Waals surface area contributed by atoms with E-state index in [0.29, 0.717) is 12.8 Å². The molecule has 1 spiro atoms. The number of hydrogen-bond donors (Lipinski definition) is 1. The van der Waals surface area contributed by atoms with E-state index in [0.717, 1.165) is 24.2 Å². The van der Waals surface area contributed by atoms with Crippen LogP contribution in [0.1, 0.15) is 44.9 Å². The van der Waals surface area contributed by atoms with Crippen LogP contribution in [0.2, 0.25) is 0 Å². The molecule has 2 rings (SSSR count). The summed E-state index contributed by atoms with van der Waals surface area (Å²) >= 11 is 0. The van der Waals surface area contributed by atoms with E-state index in [4.69, 9.17) is 4.74 Å². The lowest BCUT2D eigenvalue weighted by Gasteiger charge is -2.31. The third-order valence-corrected chi connectivity index (χ3v) is 4.43. The minimum absolute atomic E-state index is 0.138. The van der Waals surface area contributed by atoms with Crippen LogP contribution >= 0.6 is 0 Å². The Hall–Kier alpha value is -1.43. The molecule has 0 bridgehead atoms. The maximum atomic E-state index is 12.6. The van der Waals surface area contributed by atoms with Crippen molar-refractivity contribution >= 4 is 17.8 Å². The Kier molecular flexibility index (Phi) is 4.42. The lowest BCUT2D eigenvalue weighted by molar-refractivity contribution is -0.156. The summed E-state index contributed by atoms with van der Waals surface area (Å²) < 4.78 is 4.88. The molecule has 2 aliphatic rings. The largest absolute Gasteiger partial charge is 0.480 e. The molecule has 1 saturated heterocycles. The zero-order chi connectivity index (χ0) is 14.8. The number of amides is 2. The van der Waals surface area contributed by atoms with Gasteiger partial charge in [-0.1, -0.05) is 19.3 Å². The smallest absolute Gasteiger partial charge is 0.327 e. The fraction of sp³-hybridized carbons (Fsp3) is 0.786. The number of carbonyl (C=O) groups excluding carboxylic acids is 2. The van der Waals surface area contributed by atoms with Crippen LogP contribution in [-0.2, 0) is 19.1 Å². The summed E-state index contributed by atoms with van der Waals surface area (Å²) in [7, 11) is 1.47. The maximum Gasteiger partial charge on any atom is 0.327 e. The summed E-state index contributed by atoms with van der Waals surface area (Å²) in [5.74, 6) is -1.78. The minimum Gasteiger partial charge on any atom is -0.480 e. The molecule has 0 aromatic heterocycles. The molecule has 6 heteroatoms. The number of carboxylic acid groups (broad SMARTS) is 1. The number of rotatable bonds is 5. The first-order valence-corrected chi connectivity index (χ1v) is 7.10. The molecule has 20 heavy (non-hydrogen) atoms. The van der Waals surface area contributed by atoms with Crippen LogP contribution in [0.3, 0.4) is 0 Å². The zero-order valence-electron chi connectivity index (χ0n) is 11.8. The third-order valence-electron chi connectivity index (χ3n) is 4.43. The third kappa shape index (κ3) is 2.57. The number of hydrogen-bond acceptors (Lipinski definition) is 4. The maximum absolute atomic E-state index is 12.6. The van der Waals surface area contributed by atoms with Crippen LogP contribution in [0, 0.1) is 5.41 Å². The number of carboxylic acids is 1. The Morgan fingerprint density at radius 2 is 2.00 bits per heavy atom. The minimum atomic E-state index is -1.14. The van der Waals surface area contributed by atoms with Crippen LogP contribution in [0.15, 0.2) is 0 Å². The molecule has 0 aromatic rings. The van der Waals surface area contributed by atoms with E-state index in [-0.39, 0.29) is 31.3 Å². The van der Waals surface area contributed by atoms with Crippen LogP contribution in [0.5, 0.6) is 0 Å². The van der Waals surface area contributed by atoms with Gasteiger partial charge in [0, 0.05) is 26.6 Å². The molecule has 112 valence electrons. The SMILES string of the molecule is COCCC(C(=O)O)N1C(=O)CC2(CCCCC2)C1=O. The number of ether oxygens (including phenoxy) is 1. The van der Waals surface area contributed by atoms with Crippen molar-refractivity contribution in [1.29, 1.82) is 0 Å². The topological polar surface area (TPSA) is 83.9 Å². The number of carbonyl (C=O) groups is 3. The molecule has 0 radical (unpaired) electrons. The van der Waals surface area contributed by atoms with Gasteiger partial charge >= 0.3 is 5.97 Å². The lowest BCUT2D eigenvalue weighted by Crippen LogP contribution is -2.47. The Morgan fingerprint density at radius 3 is 2.55 bits per heavy atom. The first-order chi connectivity index (χ1) is 9.52. The molecule has 1 unspecified atom stereocenters.